The maximum Gasteiger partial charge on any atom is 0.379 e. The minimum atomic E-state index is -4.16. The summed E-state index contributed by atoms with van der Waals surface area (Å²) >= 11 is 0. The molecular weight excluding hydrogens is 278 g/mol. The molecule has 0 aliphatic heterocycles. The van der Waals surface area contributed by atoms with E-state index in [2.05, 4.69) is 4.74 Å². The van der Waals surface area contributed by atoms with Crippen LogP contribution in [0.5, 0.6) is 5.75 Å². The van der Waals surface area contributed by atoms with Gasteiger partial charge in [0.05, 0.1) is 17.1 Å². The van der Waals surface area contributed by atoms with E-state index in [0.29, 0.717) is 0 Å². The van der Waals surface area contributed by atoms with Crippen molar-refractivity contribution in [3.05, 3.63) is 33.9 Å². The summed E-state index contributed by atoms with van der Waals surface area (Å²) < 4.78 is 31.7. The molecule has 0 saturated heterocycles. The van der Waals surface area contributed by atoms with Crippen LogP contribution in [0.3, 0.4) is 0 Å². The number of nitrogens with two attached hydrogens (primary N) is 1. The number of nitro groups is 1. The SMILES string of the molecule is CCOC(=O)C(F)(F)[C@H](N)c1cc(O)ccc1[N+](=O)[O-]. The van der Waals surface area contributed by atoms with Gasteiger partial charge in [-0.05, 0) is 19.1 Å². The Morgan fingerprint density at radius 1 is 1.60 bits per heavy atom. The van der Waals surface area contributed by atoms with Crippen molar-refractivity contribution in [2.75, 3.05) is 6.61 Å². The fraction of sp³-hybridized carbons (Fsp3) is 0.364. The highest BCUT2D eigenvalue weighted by atomic mass is 19.3. The Morgan fingerprint density at radius 3 is 2.70 bits per heavy atom. The number of halogens is 2. The lowest BCUT2D eigenvalue weighted by Gasteiger charge is -2.21. The van der Waals surface area contributed by atoms with Gasteiger partial charge in [-0.2, -0.15) is 8.78 Å². The van der Waals surface area contributed by atoms with Crippen molar-refractivity contribution in [1.29, 1.82) is 0 Å². The molecule has 0 heterocycles. The smallest absolute Gasteiger partial charge is 0.379 e. The van der Waals surface area contributed by atoms with Crippen molar-refractivity contribution in [3.63, 3.8) is 0 Å². The zero-order chi connectivity index (χ0) is 15.5. The van der Waals surface area contributed by atoms with Crippen LogP contribution < -0.4 is 5.73 Å². The Labute approximate surface area is 112 Å². The molecule has 7 nitrogen and oxygen atoms in total. The summed E-state index contributed by atoms with van der Waals surface area (Å²) in [5, 5.41) is 20.0. The third kappa shape index (κ3) is 2.99. The van der Waals surface area contributed by atoms with Gasteiger partial charge in [0.2, 0.25) is 0 Å². The van der Waals surface area contributed by atoms with Crippen molar-refractivity contribution < 1.29 is 28.3 Å². The second-order valence-electron chi connectivity index (χ2n) is 3.82. The molecule has 20 heavy (non-hydrogen) atoms. The Kier molecular flexibility index (Phi) is 4.56. The summed E-state index contributed by atoms with van der Waals surface area (Å²) in [6.07, 6.45) is 0. The first kappa shape index (κ1) is 15.8. The Balaban J connectivity index is 3.26. The van der Waals surface area contributed by atoms with Crippen LogP contribution in [0.4, 0.5) is 14.5 Å². The molecule has 0 unspecified atom stereocenters. The largest absolute Gasteiger partial charge is 0.508 e. The molecule has 0 aliphatic rings. The number of nitro benzene ring substituents is 1. The maximum absolute atomic E-state index is 13.8. The van der Waals surface area contributed by atoms with Gasteiger partial charge < -0.3 is 15.6 Å². The Bertz CT molecular complexity index is 536. The van der Waals surface area contributed by atoms with Crippen molar-refractivity contribution in [3.8, 4) is 5.75 Å². The molecule has 1 atom stereocenters. The monoisotopic (exact) mass is 290 g/mol. The number of esters is 1. The first-order valence-electron chi connectivity index (χ1n) is 5.49. The minimum Gasteiger partial charge on any atom is -0.508 e. The molecule has 1 aromatic carbocycles. The van der Waals surface area contributed by atoms with Crippen molar-refractivity contribution in [1.82, 2.24) is 0 Å². The van der Waals surface area contributed by atoms with E-state index in [1.807, 2.05) is 0 Å². The van der Waals surface area contributed by atoms with Gasteiger partial charge in [-0.1, -0.05) is 0 Å². The molecule has 0 bridgehead atoms. The summed E-state index contributed by atoms with van der Waals surface area (Å²) in [4.78, 5) is 21.0. The molecule has 0 fully saturated rings. The molecule has 3 N–H and O–H groups in total. The van der Waals surface area contributed by atoms with Gasteiger partial charge in [-0.25, -0.2) is 4.79 Å². The first-order chi connectivity index (χ1) is 9.21. The molecule has 0 saturated carbocycles. The van der Waals surface area contributed by atoms with Crippen molar-refractivity contribution in [2.24, 2.45) is 5.73 Å². The van der Waals surface area contributed by atoms with Crippen LogP contribution in [0.25, 0.3) is 0 Å². The van der Waals surface area contributed by atoms with Crippen LogP contribution in [0.15, 0.2) is 18.2 Å². The minimum absolute atomic E-state index is 0.288. The van der Waals surface area contributed by atoms with Crippen LogP contribution >= 0.6 is 0 Å². The van der Waals surface area contributed by atoms with Crippen molar-refractivity contribution in [2.45, 2.75) is 18.9 Å². The highest BCUT2D eigenvalue weighted by molar-refractivity contribution is 5.79. The number of benzene rings is 1. The normalized spacial score (nSPS) is 12.8. The Hall–Kier alpha value is -2.29. The molecule has 1 aromatic rings. The molecule has 0 amide bonds. The van der Waals surface area contributed by atoms with Gasteiger partial charge in [0.25, 0.3) is 5.69 Å². The van der Waals surface area contributed by atoms with E-state index < -0.39 is 39.9 Å². The number of phenolic OH excluding ortho intramolecular Hbond substituents is 1. The number of hydrogen-bond donors (Lipinski definition) is 2. The predicted molar refractivity (Wildman–Crippen MR) is 63.3 cm³/mol. The zero-order valence-corrected chi connectivity index (χ0v) is 10.4. The highest BCUT2D eigenvalue weighted by Gasteiger charge is 2.49. The van der Waals surface area contributed by atoms with E-state index in [1.165, 1.54) is 6.92 Å². The average Bonchev–Trinajstić information content (AvgIpc) is 2.37. The number of ether oxygens (including phenoxy) is 1. The lowest BCUT2D eigenvalue weighted by atomic mass is 9.99. The quantitative estimate of drug-likeness (QED) is 0.482. The highest BCUT2D eigenvalue weighted by Crippen LogP contribution is 2.36. The van der Waals surface area contributed by atoms with Gasteiger partial charge in [0.15, 0.2) is 0 Å². The number of hydrogen-bond acceptors (Lipinski definition) is 6. The number of carbonyl (C=O) groups is 1. The van der Waals surface area contributed by atoms with E-state index in [-0.39, 0.29) is 6.61 Å². The third-order valence-electron chi connectivity index (χ3n) is 2.48. The summed E-state index contributed by atoms with van der Waals surface area (Å²) in [6, 6.07) is 0.188. The fourth-order valence-electron chi connectivity index (χ4n) is 1.51. The summed E-state index contributed by atoms with van der Waals surface area (Å²) in [5.41, 5.74) is 3.86. The average molecular weight is 290 g/mol. The van der Waals surface area contributed by atoms with Gasteiger partial charge >= 0.3 is 11.9 Å². The molecule has 110 valence electrons. The summed E-state index contributed by atoms with van der Waals surface area (Å²) in [6.45, 7) is 1.04. The second kappa shape index (κ2) is 5.78. The molecule has 0 spiro atoms. The number of carbonyl (C=O) groups excluding carboxylic acids is 1. The van der Waals surface area contributed by atoms with Crippen LogP contribution in [-0.4, -0.2) is 28.5 Å². The number of phenols is 1. The van der Waals surface area contributed by atoms with E-state index in [4.69, 9.17) is 5.73 Å². The summed E-state index contributed by atoms with van der Waals surface area (Å²) in [7, 11) is 0. The van der Waals surface area contributed by atoms with Gasteiger partial charge in [0.1, 0.15) is 11.8 Å². The van der Waals surface area contributed by atoms with E-state index in [9.17, 15) is 28.8 Å². The fourth-order valence-corrected chi connectivity index (χ4v) is 1.51. The lowest BCUT2D eigenvalue weighted by molar-refractivity contribution is -0.386. The molecule has 0 radical (unpaired) electrons. The topological polar surface area (TPSA) is 116 Å². The van der Waals surface area contributed by atoms with E-state index >= 15 is 0 Å². The van der Waals surface area contributed by atoms with E-state index in [0.717, 1.165) is 18.2 Å². The molecule has 1 rings (SSSR count). The first-order valence-corrected chi connectivity index (χ1v) is 5.49. The van der Waals surface area contributed by atoms with Gasteiger partial charge in [-0.15, -0.1) is 0 Å². The molecular formula is C11H12F2N2O5. The van der Waals surface area contributed by atoms with E-state index in [1.54, 1.807) is 0 Å². The maximum atomic E-state index is 13.8. The van der Waals surface area contributed by atoms with Crippen LogP contribution in [-0.2, 0) is 9.53 Å². The molecule has 0 aliphatic carbocycles. The van der Waals surface area contributed by atoms with Gasteiger partial charge in [0, 0.05) is 6.07 Å². The lowest BCUT2D eigenvalue weighted by Crippen LogP contribution is -2.42. The van der Waals surface area contributed by atoms with Crippen LogP contribution in [0.2, 0.25) is 0 Å². The number of aromatic hydroxyl groups is 1. The van der Waals surface area contributed by atoms with Gasteiger partial charge in [-0.3, -0.25) is 10.1 Å². The summed E-state index contributed by atoms with van der Waals surface area (Å²) in [5.74, 6) is -6.53. The number of alkyl halides is 2. The second-order valence-corrected chi connectivity index (χ2v) is 3.82. The zero-order valence-electron chi connectivity index (χ0n) is 10.4. The van der Waals surface area contributed by atoms with Crippen LogP contribution in [0.1, 0.15) is 18.5 Å². The third-order valence-corrected chi connectivity index (χ3v) is 2.48. The molecule has 9 heteroatoms. The van der Waals surface area contributed by atoms with Crippen molar-refractivity contribution >= 4 is 11.7 Å². The molecule has 0 aromatic heterocycles. The predicted octanol–water partition coefficient (Wildman–Crippen LogP) is 1.50. The number of rotatable bonds is 5. The number of nitrogens with zero attached hydrogens (tertiary/aromatic N) is 1. The van der Waals surface area contributed by atoms with Crippen LogP contribution in [0, 0.1) is 10.1 Å². The standard InChI is InChI=1S/C11H12F2N2O5/c1-2-20-10(17)11(12,13)9(14)7-5-6(16)3-4-8(7)15(18)19/h3-5,9,16H,2,14H2,1H3/t9-/m1/s1. The Morgan fingerprint density at radius 2 is 2.20 bits per heavy atom.